The quantitative estimate of drug-likeness (QED) is 0.528. The first-order valence-corrected chi connectivity index (χ1v) is 8.66. The van der Waals surface area contributed by atoms with Gasteiger partial charge in [0.15, 0.2) is 11.1 Å². The molecule has 5 nitrogen and oxygen atoms in total. The predicted molar refractivity (Wildman–Crippen MR) is 90.5 cm³/mol. The van der Waals surface area contributed by atoms with Gasteiger partial charge in [-0.1, -0.05) is 23.2 Å². The lowest BCUT2D eigenvalue weighted by atomic mass is 10.1. The summed E-state index contributed by atoms with van der Waals surface area (Å²) in [4.78, 5) is 15.2. The van der Waals surface area contributed by atoms with Gasteiger partial charge in [-0.2, -0.15) is 26.3 Å². The number of nitrogens with one attached hydrogen (secondary N) is 2. The van der Waals surface area contributed by atoms with Crippen LogP contribution < -0.4 is 10.6 Å². The number of rotatable bonds is 4. The molecule has 1 heterocycles. The van der Waals surface area contributed by atoms with Crippen LogP contribution in [0.4, 0.5) is 36.8 Å². The maximum Gasteiger partial charge on any atom is 0.443 e. The first-order chi connectivity index (χ1) is 12.8. The van der Waals surface area contributed by atoms with Crippen molar-refractivity contribution in [2.75, 3.05) is 5.32 Å². The number of aromatic nitrogens is 1. The van der Waals surface area contributed by atoms with E-state index in [1.807, 2.05) is 0 Å². The molecule has 28 heavy (non-hydrogen) atoms. The molecule has 0 spiro atoms. The van der Waals surface area contributed by atoms with E-state index in [0.717, 1.165) is 18.3 Å². The molecule has 154 valence electrons. The van der Waals surface area contributed by atoms with Gasteiger partial charge in [-0.15, -0.1) is 11.3 Å². The van der Waals surface area contributed by atoms with E-state index in [9.17, 15) is 36.2 Å². The molecule has 2 aromatic rings. The topological polar surface area (TPSA) is 74.2 Å². The third kappa shape index (κ3) is 5.63. The van der Waals surface area contributed by atoms with E-state index in [-0.39, 0.29) is 27.2 Å². The second-order valence-electron chi connectivity index (χ2n) is 5.24. The first kappa shape index (κ1) is 22.5. The molecular formula is C14H9Cl2F6N3O2S. The number of anilines is 1. The van der Waals surface area contributed by atoms with Crippen LogP contribution in [0, 0.1) is 0 Å². The summed E-state index contributed by atoms with van der Waals surface area (Å²) in [6, 6.07) is 0.634. The van der Waals surface area contributed by atoms with Crippen LogP contribution in [-0.4, -0.2) is 22.3 Å². The van der Waals surface area contributed by atoms with Crippen molar-refractivity contribution >= 4 is 46.3 Å². The number of thiazole rings is 1. The summed E-state index contributed by atoms with van der Waals surface area (Å²) in [6.45, 7) is -0.292. The lowest BCUT2D eigenvalue weighted by Crippen LogP contribution is -2.28. The average Bonchev–Trinajstić information content (AvgIpc) is 3.04. The number of urea groups is 1. The van der Waals surface area contributed by atoms with Gasteiger partial charge in [-0.05, 0) is 17.7 Å². The van der Waals surface area contributed by atoms with Gasteiger partial charge in [0.25, 0.3) is 0 Å². The fourth-order valence-electron chi connectivity index (χ4n) is 1.90. The fraction of sp³-hybridized carbons (Fsp3) is 0.286. The maximum atomic E-state index is 12.6. The van der Waals surface area contributed by atoms with Crippen molar-refractivity contribution in [3.63, 3.8) is 0 Å². The molecule has 0 aliphatic rings. The van der Waals surface area contributed by atoms with E-state index in [4.69, 9.17) is 23.2 Å². The number of aliphatic hydroxyl groups is 1. The first-order valence-electron chi connectivity index (χ1n) is 7.09. The van der Waals surface area contributed by atoms with Crippen LogP contribution in [0.3, 0.4) is 0 Å². The van der Waals surface area contributed by atoms with Gasteiger partial charge in [0.1, 0.15) is 0 Å². The Balaban J connectivity index is 2.05. The number of aliphatic hydroxyl groups excluding tert-OH is 1. The molecular weight excluding hydrogens is 459 g/mol. The van der Waals surface area contributed by atoms with Crippen molar-refractivity contribution in [3.8, 4) is 0 Å². The highest BCUT2D eigenvalue weighted by atomic mass is 35.5. The molecule has 2 rings (SSSR count). The molecule has 0 aliphatic heterocycles. The monoisotopic (exact) mass is 467 g/mol. The second-order valence-corrected chi connectivity index (χ2v) is 7.17. The number of nitrogens with zero attached hydrogens (tertiary/aromatic N) is 1. The number of halogens is 8. The highest BCUT2D eigenvalue weighted by Gasteiger charge is 2.40. The Morgan fingerprint density at radius 3 is 2.21 bits per heavy atom. The van der Waals surface area contributed by atoms with Gasteiger partial charge < -0.3 is 15.7 Å². The van der Waals surface area contributed by atoms with E-state index in [2.05, 4.69) is 15.6 Å². The van der Waals surface area contributed by atoms with Gasteiger partial charge in [-0.25, -0.2) is 9.78 Å². The molecule has 14 heteroatoms. The molecule has 1 aromatic heterocycles. The molecule has 3 N–H and O–H groups in total. The fourth-order valence-corrected chi connectivity index (χ4v) is 3.22. The Morgan fingerprint density at radius 2 is 1.75 bits per heavy atom. The Morgan fingerprint density at radius 1 is 1.18 bits per heavy atom. The van der Waals surface area contributed by atoms with E-state index in [1.54, 1.807) is 0 Å². The molecule has 0 fully saturated rings. The molecule has 1 atom stereocenters. The SMILES string of the molecule is O=C(NCc1cnc(C(F)(F)F)s1)Nc1c(Cl)cc(C(O)C(F)(F)F)cc1Cl. The number of hydrogen-bond acceptors (Lipinski definition) is 4. The van der Waals surface area contributed by atoms with Crippen LogP contribution in [0.1, 0.15) is 21.6 Å². The number of benzene rings is 1. The van der Waals surface area contributed by atoms with Gasteiger partial charge >= 0.3 is 18.4 Å². The Hall–Kier alpha value is -1.76. The van der Waals surface area contributed by atoms with Crippen LogP contribution in [-0.2, 0) is 12.7 Å². The van der Waals surface area contributed by atoms with Crippen LogP contribution >= 0.6 is 34.5 Å². The summed E-state index contributed by atoms with van der Waals surface area (Å²) in [5, 5.41) is 11.8. The molecule has 1 unspecified atom stereocenters. The number of carbonyl (C=O) groups is 1. The van der Waals surface area contributed by atoms with E-state index >= 15 is 0 Å². The van der Waals surface area contributed by atoms with Gasteiger partial charge in [-0.3, -0.25) is 0 Å². The lowest BCUT2D eigenvalue weighted by Gasteiger charge is -2.17. The highest BCUT2D eigenvalue weighted by molar-refractivity contribution is 7.11. The molecule has 0 aliphatic carbocycles. The lowest BCUT2D eigenvalue weighted by molar-refractivity contribution is -0.206. The number of amides is 2. The Labute approximate surface area is 167 Å². The standard InChI is InChI=1S/C14H9Cl2F6N3O2S/c15-7-1-5(10(26)13(17,18)19)2-8(16)9(7)25-12(27)24-4-6-3-23-11(28-6)14(20,21)22/h1-3,10,26H,4H2,(H2,24,25,27). The Kier molecular flexibility index (Phi) is 6.69. The second kappa shape index (κ2) is 8.31. The van der Waals surface area contributed by atoms with Crippen molar-refractivity contribution in [3.05, 3.63) is 43.8 Å². The molecule has 0 saturated carbocycles. The van der Waals surface area contributed by atoms with Gasteiger partial charge in [0, 0.05) is 11.1 Å². The molecule has 0 bridgehead atoms. The molecule has 1 aromatic carbocycles. The molecule has 0 saturated heterocycles. The van der Waals surface area contributed by atoms with Gasteiger partial charge in [0.2, 0.25) is 0 Å². The van der Waals surface area contributed by atoms with E-state index in [1.165, 1.54) is 0 Å². The largest absolute Gasteiger partial charge is 0.443 e. The highest BCUT2D eigenvalue weighted by Crippen LogP contribution is 2.39. The van der Waals surface area contributed by atoms with Crippen LogP contribution in [0.15, 0.2) is 18.3 Å². The normalized spacial score (nSPS) is 13.3. The minimum absolute atomic E-state index is 0.114. The zero-order valence-corrected chi connectivity index (χ0v) is 15.6. The number of carbonyl (C=O) groups excluding carboxylic acids is 1. The zero-order chi connectivity index (χ0) is 21.3. The summed E-state index contributed by atoms with van der Waals surface area (Å²) < 4.78 is 75.1. The van der Waals surface area contributed by atoms with Crippen LogP contribution in [0.2, 0.25) is 10.0 Å². The van der Waals surface area contributed by atoms with Crippen molar-refractivity contribution in [2.45, 2.75) is 25.0 Å². The zero-order valence-electron chi connectivity index (χ0n) is 13.3. The van der Waals surface area contributed by atoms with E-state index in [0.29, 0.717) is 11.3 Å². The molecule has 0 radical (unpaired) electrons. The Bertz CT molecular complexity index is 848. The summed E-state index contributed by atoms with van der Waals surface area (Å²) in [7, 11) is 0. The maximum absolute atomic E-state index is 12.6. The number of hydrogen-bond donors (Lipinski definition) is 3. The van der Waals surface area contributed by atoms with Crippen LogP contribution in [0.25, 0.3) is 0 Å². The third-order valence-electron chi connectivity index (χ3n) is 3.15. The van der Waals surface area contributed by atoms with Crippen molar-refractivity contribution in [2.24, 2.45) is 0 Å². The summed E-state index contributed by atoms with van der Waals surface area (Å²) in [5.74, 6) is 0. The van der Waals surface area contributed by atoms with Crippen molar-refractivity contribution in [1.29, 1.82) is 0 Å². The van der Waals surface area contributed by atoms with Gasteiger partial charge in [0.05, 0.1) is 22.3 Å². The van der Waals surface area contributed by atoms with Crippen molar-refractivity contribution < 1.29 is 36.2 Å². The van der Waals surface area contributed by atoms with E-state index < -0.39 is 35.1 Å². The average molecular weight is 468 g/mol. The smallest absolute Gasteiger partial charge is 0.379 e. The number of alkyl halides is 6. The summed E-state index contributed by atoms with van der Waals surface area (Å²) in [5.41, 5.74) is -0.864. The van der Waals surface area contributed by atoms with Crippen molar-refractivity contribution in [1.82, 2.24) is 10.3 Å². The minimum Gasteiger partial charge on any atom is -0.379 e. The summed E-state index contributed by atoms with van der Waals surface area (Å²) in [6.07, 6.45) is -11.4. The molecule has 2 amide bonds. The predicted octanol–water partition coefficient (Wildman–Crippen LogP) is 5.39. The third-order valence-corrected chi connectivity index (χ3v) is 4.79. The summed E-state index contributed by atoms with van der Waals surface area (Å²) >= 11 is 11.9. The minimum atomic E-state index is -4.94. The van der Waals surface area contributed by atoms with Crippen LogP contribution in [0.5, 0.6) is 0 Å².